The third kappa shape index (κ3) is 6.20. The van der Waals surface area contributed by atoms with E-state index in [1.807, 2.05) is 97.4 Å². The van der Waals surface area contributed by atoms with Crippen LogP contribution in [-0.4, -0.2) is 37.3 Å². The van der Waals surface area contributed by atoms with Crippen molar-refractivity contribution in [3.05, 3.63) is 162 Å². The van der Waals surface area contributed by atoms with Gasteiger partial charge in [0.1, 0.15) is 11.6 Å². The third-order valence-electron chi connectivity index (χ3n) is 8.25. The van der Waals surface area contributed by atoms with Gasteiger partial charge in [0, 0.05) is 12.1 Å². The maximum absolute atomic E-state index is 11.6. The van der Waals surface area contributed by atoms with Crippen molar-refractivity contribution in [1.29, 1.82) is 0 Å². The SMILES string of the molecule is CC(C)C(NCc1ccc(-c2ccccc2-c2nnnn2C(c2ccccc2)(c2ccccc2)c2ccccc2)cc1)C(=O)O.Cl. The topological polar surface area (TPSA) is 92.9 Å². The standard InChI is InChI=1S/C38H35N5O2.ClH/c1-27(2)35(37(44)45)39-26-28-22-24-29(25-23-28)33-20-12-13-21-34(33)36-40-41-42-43(36)38(30-14-6-3-7-15-30,31-16-8-4-9-17-31)32-18-10-5-11-19-32;/h3-25,27,35,39H,26H2,1-2H3,(H,44,45);1H. The number of carboxylic acid groups (broad SMARTS) is 1. The highest BCUT2D eigenvalue weighted by Gasteiger charge is 2.42. The van der Waals surface area contributed by atoms with Gasteiger partial charge in [0.05, 0.1) is 0 Å². The average Bonchev–Trinajstić information content (AvgIpc) is 3.57. The maximum Gasteiger partial charge on any atom is 0.320 e. The lowest BCUT2D eigenvalue weighted by atomic mass is 9.77. The Morgan fingerprint density at radius 3 is 1.67 bits per heavy atom. The number of hydrogen-bond acceptors (Lipinski definition) is 5. The summed E-state index contributed by atoms with van der Waals surface area (Å²) in [7, 11) is 0. The summed E-state index contributed by atoms with van der Waals surface area (Å²) in [5.74, 6) is -0.227. The van der Waals surface area contributed by atoms with Crippen LogP contribution in [0, 0.1) is 5.92 Å². The molecule has 6 rings (SSSR count). The number of rotatable bonds is 11. The van der Waals surface area contributed by atoms with Crippen molar-refractivity contribution in [3.8, 4) is 22.5 Å². The molecule has 0 spiro atoms. The van der Waals surface area contributed by atoms with Crippen LogP contribution in [0.3, 0.4) is 0 Å². The molecule has 0 saturated heterocycles. The molecule has 0 aliphatic heterocycles. The normalized spacial score (nSPS) is 12.0. The van der Waals surface area contributed by atoms with Crippen molar-refractivity contribution in [1.82, 2.24) is 25.5 Å². The van der Waals surface area contributed by atoms with E-state index in [9.17, 15) is 9.90 Å². The van der Waals surface area contributed by atoms with E-state index in [2.05, 4.69) is 76.3 Å². The Kier molecular flexibility index (Phi) is 10.1. The smallest absolute Gasteiger partial charge is 0.320 e. The van der Waals surface area contributed by atoms with Gasteiger partial charge in [0.25, 0.3) is 0 Å². The van der Waals surface area contributed by atoms with Crippen molar-refractivity contribution >= 4 is 18.4 Å². The van der Waals surface area contributed by atoms with Crippen LogP contribution in [-0.2, 0) is 16.9 Å². The van der Waals surface area contributed by atoms with Gasteiger partial charge in [-0.1, -0.05) is 153 Å². The number of hydrogen-bond donors (Lipinski definition) is 2. The summed E-state index contributed by atoms with van der Waals surface area (Å²) in [6, 6.07) is 46.8. The van der Waals surface area contributed by atoms with E-state index >= 15 is 0 Å². The molecule has 1 heterocycles. The number of carboxylic acids is 1. The average molecular weight is 630 g/mol. The molecule has 46 heavy (non-hydrogen) atoms. The summed E-state index contributed by atoms with van der Waals surface area (Å²) in [6.07, 6.45) is 0. The first-order chi connectivity index (χ1) is 22.0. The largest absolute Gasteiger partial charge is 0.480 e. The lowest BCUT2D eigenvalue weighted by molar-refractivity contribution is -0.140. The highest BCUT2D eigenvalue weighted by molar-refractivity contribution is 5.85. The minimum Gasteiger partial charge on any atom is -0.480 e. The van der Waals surface area contributed by atoms with E-state index in [-0.39, 0.29) is 18.3 Å². The predicted molar refractivity (Wildman–Crippen MR) is 184 cm³/mol. The van der Waals surface area contributed by atoms with E-state index < -0.39 is 17.6 Å². The Hall–Kier alpha value is -5.11. The van der Waals surface area contributed by atoms with Crippen LogP contribution < -0.4 is 5.32 Å². The maximum atomic E-state index is 11.6. The Bertz CT molecular complexity index is 1760. The van der Waals surface area contributed by atoms with Crippen LogP contribution in [0.5, 0.6) is 0 Å². The number of benzene rings is 5. The number of nitrogens with one attached hydrogen (secondary N) is 1. The molecule has 0 radical (unpaired) electrons. The third-order valence-corrected chi connectivity index (χ3v) is 8.25. The molecule has 0 amide bonds. The molecule has 1 aromatic heterocycles. The van der Waals surface area contributed by atoms with E-state index in [1.54, 1.807) is 0 Å². The monoisotopic (exact) mass is 629 g/mol. The second-order valence-electron chi connectivity index (χ2n) is 11.4. The predicted octanol–water partition coefficient (Wildman–Crippen LogP) is 7.47. The van der Waals surface area contributed by atoms with Gasteiger partial charge in [-0.05, 0) is 49.7 Å². The molecule has 2 N–H and O–H groups in total. The van der Waals surface area contributed by atoms with Crippen molar-refractivity contribution in [2.45, 2.75) is 32.0 Å². The Labute approximate surface area is 275 Å². The van der Waals surface area contributed by atoms with E-state index in [0.29, 0.717) is 12.4 Å². The van der Waals surface area contributed by atoms with Crippen LogP contribution in [0.1, 0.15) is 36.1 Å². The van der Waals surface area contributed by atoms with Crippen LogP contribution in [0.15, 0.2) is 140 Å². The molecule has 6 aromatic rings. The van der Waals surface area contributed by atoms with Gasteiger partial charge in [-0.2, -0.15) is 0 Å². The minimum atomic E-state index is -0.859. The molecule has 0 aliphatic carbocycles. The number of nitrogens with zero attached hydrogens (tertiary/aromatic N) is 4. The number of tetrazole rings is 1. The van der Waals surface area contributed by atoms with Gasteiger partial charge in [-0.15, -0.1) is 17.5 Å². The van der Waals surface area contributed by atoms with Crippen LogP contribution >= 0.6 is 12.4 Å². The summed E-state index contributed by atoms with van der Waals surface area (Å²) in [5, 5.41) is 26.3. The quantitative estimate of drug-likeness (QED) is 0.144. The Morgan fingerprint density at radius 2 is 1.20 bits per heavy atom. The highest BCUT2D eigenvalue weighted by Crippen LogP contribution is 2.43. The second-order valence-corrected chi connectivity index (χ2v) is 11.4. The summed E-state index contributed by atoms with van der Waals surface area (Å²) in [6.45, 7) is 4.27. The molecule has 7 nitrogen and oxygen atoms in total. The van der Waals surface area contributed by atoms with Gasteiger partial charge in [0.2, 0.25) is 0 Å². The number of aromatic nitrogens is 4. The summed E-state index contributed by atoms with van der Waals surface area (Å²) in [4.78, 5) is 11.6. The fourth-order valence-corrected chi connectivity index (χ4v) is 6.05. The number of carbonyl (C=O) groups is 1. The summed E-state index contributed by atoms with van der Waals surface area (Å²) >= 11 is 0. The molecule has 0 saturated carbocycles. The van der Waals surface area contributed by atoms with Crippen molar-refractivity contribution < 1.29 is 9.90 Å². The van der Waals surface area contributed by atoms with E-state index in [1.165, 1.54) is 0 Å². The highest BCUT2D eigenvalue weighted by atomic mass is 35.5. The number of halogens is 1. The fourth-order valence-electron chi connectivity index (χ4n) is 6.05. The zero-order valence-corrected chi connectivity index (χ0v) is 26.5. The molecule has 1 atom stereocenters. The molecule has 1 unspecified atom stereocenters. The van der Waals surface area contributed by atoms with Gasteiger partial charge in [-0.25, -0.2) is 4.68 Å². The zero-order chi connectivity index (χ0) is 31.2. The first-order valence-electron chi connectivity index (χ1n) is 15.1. The van der Waals surface area contributed by atoms with Gasteiger partial charge in [-0.3, -0.25) is 4.79 Å². The zero-order valence-electron chi connectivity index (χ0n) is 25.7. The number of aliphatic carboxylic acids is 1. The van der Waals surface area contributed by atoms with Crippen molar-refractivity contribution in [2.75, 3.05) is 0 Å². The minimum absolute atomic E-state index is 0. The van der Waals surface area contributed by atoms with E-state index in [4.69, 9.17) is 5.21 Å². The first kappa shape index (κ1) is 32.3. The van der Waals surface area contributed by atoms with Gasteiger partial charge < -0.3 is 10.4 Å². The van der Waals surface area contributed by atoms with E-state index in [0.717, 1.165) is 38.9 Å². The molecular formula is C38H36ClN5O2. The molecule has 5 aromatic carbocycles. The molecule has 8 heteroatoms. The van der Waals surface area contributed by atoms with Crippen molar-refractivity contribution in [3.63, 3.8) is 0 Å². The lowest BCUT2D eigenvalue weighted by Crippen LogP contribution is -2.40. The molecular weight excluding hydrogens is 594 g/mol. The van der Waals surface area contributed by atoms with Crippen LogP contribution in [0.2, 0.25) is 0 Å². The fraction of sp³-hybridized carbons (Fsp3) is 0.158. The van der Waals surface area contributed by atoms with Crippen molar-refractivity contribution in [2.24, 2.45) is 5.92 Å². The molecule has 0 bridgehead atoms. The lowest BCUT2D eigenvalue weighted by Gasteiger charge is -2.36. The molecule has 0 aliphatic rings. The second kappa shape index (κ2) is 14.3. The Morgan fingerprint density at radius 1 is 0.717 bits per heavy atom. The van der Waals surface area contributed by atoms with Gasteiger partial charge >= 0.3 is 5.97 Å². The first-order valence-corrected chi connectivity index (χ1v) is 15.1. The van der Waals surface area contributed by atoms with Crippen LogP contribution in [0.25, 0.3) is 22.5 Å². The van der Waals surface area contributed by atoms with Crippen LogP contribution in [0.4, 0.5) is 0 Å². The Balaban J connectivity index is 0.00000417. The summed E-state index contributed by atoms with van der Waals surface area (Å²) in [5.41, 5.74) is 6.14. The molecule has 0 fully saturated rings. The van der Waals surface area contributed by atoms with Gasteiger partial charge in [0.15, 0.2) is 5.82 Å². The summed E-state index contributed by atoms with van der Waals surface area (Å²) < 4.78 is 1.95. The molecule has 232 valence electrons.